The monoisotopic (exact) mass is 338 g/mol. The SMILES string of the molecule is COCOc1cc2nn(C)cc2cc1-c1ccc2nc(F)ccc2n1. The van der Waals surface area contributed by atoms with Crippen LogP contribution in [0.3, 0.4) is 0 Å². The average Bonchev–Trinajstić information content (AvgIpc) is 2.97. The van der Waals surface area contributed by atoms with Crippen LogP contribution in [0.2, 0.25) is 0 Å². The third-order valence-electron chi connectivity index (χ3n) is 3.84. The number of nitrogens with zero attached hydrogens (tertiary/aromatic N) is 4. The Morgan fingerprint density at radius 3 is 2.68 bits per heavy atom. The summed E-state index contributed by atoms with van der Waals surface area (Å²) in [6.45, 7) is 0.117. The molecule has 0 aliphatic carbocycles. The first kappa shape index (κ1) is 15.5. The Morgan fingerprint density at radius 2 is 1.84 bits per heavy atom. The van der Waals surface area contributed by atoms with Crippen LogP contribution < -0.4 is 4.74 Å². The zero-order valence-electron chi connectivity index (χ0n) is 13.7. The maximum atomic E-state index is 13.3. The molecule has 0 spiro atoms. The highest BCUT2D eigenvalue weighted by Crippen LogP contribution is 2.33. The fraction of sp³-hybridized carbons (Fsp3) is 0.167. The molecule has 1 aromatic carbocycles. The molecule has 0 aliphatic heterocycles. The molecule has 0 N–H and O–H groups in total. The molecule has 4 aromatic rings. The van der Waals surface area contributed by atoms with Crippen LogP contribution in [-0.2, 0) is 11.8 Å². The molecule has 0 radical (unpaired) electrons. The maximum Gasteiger partial charge on any atom is 0.213 e. The topological polar surface area (TPSA) is 62.1 Å². The molecule has 0 amide bonds. The second-order valence-electron chi connectivity index (χ2n) is 5.63. The predicted molar refractivity (Wildman–Crippen MR) is 91.7 cm³/mol. The molecular weight excluding hydrogens is 323 g/mol. The third kappa shape index (κ3) is 2.89. The molecule has 0 saturated carbocycles. The van der Waals surface area contributed by atoms with Crippen molar-refractivity contribution in [2.45, 2.75) is 0 Å². The van der Waals surface area contributed by atoms with E-state index in [1.54, 1.807) is 30.0 Å². The van der Waals surface area contributed by atoms with E-state index in [1.807, 2.05) is 25.4 Å². The second kappa shape index (κ2) is 6.10. The summed E-state index contributed by atoms with van der Waals surface area (Å²) in [6.07, 6.45) is 1.93. The standard InChI is InChI=1S/C18H15FN4O2/c1-23-9-11-7-12(17(25-10-24-2)8-16(11)22-23)13-3-4-15-14(20-13)5-6-18(19)21-15/h3-9H,10H2,1-2H3. The highest BCUT2D eigenvalue weighted by atomic mass is 19.1. The zero-order chi connectivity index (χ0) is 17.4. The summed E-state index contributed by atoms with van der Waals surface area (Å²) in [7, 11) is 3.43. The number of aryl methyl sites for hydroxylation is 1. The predicted octanol–water partition coefficient (Wildman–Crippen LogP) is 3.31. The number of fused-ring (bicyclic) bond motifs is 2. The van der Waals surface area contributed by atoms with E-state index in [-0.39, 0.29) is 6.79 Å². The van der Waals surface area contributed by atoms with Crippen LogP contribution >= 0.6 is 0 Å². The van der Waals surface area contributed by atoms with Crippen LogP contribution in [0.15, 0.2) is 42.6 Å². The van der Waals surface area contributed by atoms with E-state index >= 15 is 0 Å². The Bertz CT molecular complexity index is 1080. The van der Waals surface area contributed by atoms with Crippen LogP contribution in [-0.4, -0.2) is 33.7 Å². The number of benzene rings is 1. The second-order valence-corrected chi connectivity index (χ2v) is 5.63. The van der Waals surface area contributed by atoms with Crippen LogP contribution in [0.25, 0.3) is 33.2 Å². The molecule has 7 heteroatoms. The number of hydrogen-bond donors (Lipinski definition) is 0. The smallest absolute Gasteiger partial charge is 0.213 e. The number of rotatable bonds is 4. The Balaban J connectivity index is 1.89. The van der Waals surface area contributed by atoms with Crippen LogP contribution in [0.1, 0.15) is 0 Å². The van der Waals surface area contributed by atoms with Gasteiger partial charge in [0.1, 0.15) is 5.75 Å². The number of ether oxygens (including phenoxy) is 2. The molecule has 0 fully saturated rings. The first-order valence-corrected chi connectivity index (χ1v) is 7.67. The number of methoxy groups -OCH3 is 1. The highest BCUT2D eigenvalue weighted by Gasteiger charge is 2.13. The van der Waals surface area contributed by atoms with Gasteiger partial charge in [0.2, 0.25) is 5.95 Å². The van der Waals surface area contributed by atoms with Crippen molar-refractivity contribution in [2.75, 3.05) is 13.9 Å². The molecule has 4 rings (SSSR count). The molecule has 25 heavy (non-hydrogen) atoms. The fourth-order valence-electron chi connectivity index (χ4n) is 2.75. The van der Waals surface area contributed by atoms with Crippen molar-refractivity contribution in [1.82, 2.24) is 19.7 Å². The Labute approximate surface area is 142 Å². The lowest BCUT2D eigenvalue weighted by atomic mass is 10.1. The summed E-state index contributed by atoms with van der Waals surface area (Å²) < 4.78 is 25.7. The summed E-state index contributed by atoms with van der Waals surface area (Å²) >= 11 is 0. The van der Waals surface area contributed by atoms with Crippen LogP contribution in [0, 0.1) is 5.95 Å². The Morgan fingerprint density at radius 1 is 1.04 bits per heavy atom. The van der Waals surface area contributed by atoms with Gasteiger partial charge in [-0.15, -0.1) is 0 Å². The molecule has 0 bridgehead atoms. The molecule has 3 aromatic heterocycles. The summed E-state index contributed by atoms with van der Waals surface area (Å²) in [5, 5.41) is 5.37. The minimum absolute atomic E-state index is 0.117. The van der Waals surface area contributed by atoms with Gasteiger partial charge in [0.05, 0.1) is 22.2 Å². The molecule has 126 valence electrons. The molecule has 0 aliphatic rings. The summed E-state index contributed by atoms with van der Waals surface area (Å²) in [4.78, 5) is 8.43. The number of halogens is 1. The maximum absolute atomic E-state index is 13.3. The lowest BCUT2D eigenvalue weighted by Gasteiger charge is -2.11. The van der Waals surface area contributed by atoms with E-state index in [0.29, 0.717) is 22.5 Å². The number of hydrogen-bond acceptors (Lipinski definition) is 5. The lowest BCUT2D eigenvalue weighted by Crippen LogP contribution is -2.01. The molecule has 0 saturated heterocycles. The zero-order valence-corrected chi connectivity index (χ0v) is 13.7. The third-order valence-corrected chi connectivity index (χ3v) is 3.84. The normalized spacial score (nSPS) is 11.3. The van der Waals surface area contributed by atoms with Gasteiger partial charge in [-0.1, -0.05) is 0 Å². The molecule has 6 nitrogen and oxygen atoms in total. The van der Waals surface area contributed by atoms with Gasteiger partial charge in [-0.05, 0) is 30.3 Å². The van der Waals surface area contributed by atoms with E-state index < -0.39 is 5.95 Å². The number of pyridine rings is 2. The first-order chi connectivity index (χ1) is 12.1. The van der Waals surface area contributed by atoms with E-state index in [9.17, 15) is 4.39 Å². The van der Waals surface area contributed by atoms with Crippen molar-refractivity contribution < 1.29 is 13.9 Å². The Kier molecular flexibility index (Phi) is 3.77. The summed E-state index contributed by atoms with van der Waals surface area (Å²) in [5.74, 6) is 0.0953. The van der Waals surface area contributed by atoms with Crippen molar-refractivity contribution in [1.29, 1.82) is 0 Å². The van der Waals surface area contributed by atoms with Gasteiger partial charge in [-0.2, -0.15) is 9.49 Å². The van der Waals surface area contributed by atoms with Crippen molar-refractivity contribution in [2.24, 2.45) is 7.05 Å². The quantitative estimate of drug-likeness (QED) is 0.422. The highest BCUT2D eigenvalue weighted by molar-refractivity contribution is 5.88. The van der Waals surface area contributed by atoms with E-state index in [1.165, 1.54) is 6.07 Å². The molecule has 0 atom stereocenters. The number of aromatic nitrogens is 4. The van der Waals surface area contributed by atoms with Gasteiger partial charge in [0, 0.05) is 37.4 Å². The average molecular weight is 338 g/mol. The van der Waals surface area contributed by atoms with Crippen molar-refractivity contribution in [3.63, 3.8) is 0 Å². The van der Waals surface area contributed by atoms with Crippen LogP contribution in [0.5, 0.6) is 5.75 Å². The van der Waals surface area contributed by atoms with Gasteiger partial charge >= 0.3 is 0 Å². The van der Waals surface area contributed by atoms with Gasteiger partial charge < -0.3 is 9.47 Å². The van der Waals surface area contributed by atoms with Gasteiger partial charge in [0.25, 0.3) is 0 Å². The molecular formula is C18H15FN4O2. The summed E-state index contributed by atoms with van der Waals surface area (Å²) in [6, 6.07) is 10.3. The largest absolute Gasteiger partial charge is 0.467 e. The van der Waals surface area contributed by atoms with Gasteiger partial charge in [-0.25, -0.2) is 9.97 Å². The summed E-state index contributed by atoms with van der Waals surface area (Å²) in [5.41, 5.74) is 3.46. The van der Waals surface area contributed by atoms with Crippen molar-refractivity contribution in [3.05, 3.63) is 48.5 Å². The molecule has 3 heterocycles. The van der Waals surface area contributed by atoms with Crippen LogP contribution in [0.4, 0.5) is 4.39 Å². The van der Waals surface area contributed by atoms with E-state index in [4.69, 9.17) is 9.47 Å². The van der Waals surface area contributed by atoms with Crippen molar-refractivity contribution >= 4 is 21.9 Å². The lowest BCUT2D eigenvalue weighted by molar-refractivity contribution is 0.0516. The van der Waals surface area contributed by atoms with Crippen molar-refractivity contribution in [3.8, 4) is 17.0 Å². The minimum Gasteiger partial charge on any atom is -0.467 e. The first-order valence-electron chi connectivity index (χ1n) is 7.67. The fourth-order valence-corrected chi connectivity index (χ4v) is 2.75. The molecule has 0 unspecified atom stereocenters. The van der Waals surface area contributed by atoms with E-state index in [2.05, 4.69) is 15.1 Å². The Hall–Kier alpha value is -3.06. The van der Waals surface area contributed by atoms with Gasteiger partial charge in [-0.3, -0.25) is 4.68 Å². The van der Waals surface area contributed by atoms with Gasteiger partial charge in [0.15, 0.2) is 6.79 Å². The van der Waals surface area contributed by atoms with E-state index in [0.717, 1.165) is 16.5 Å². The minimum atomic E-state index is -0.525.